The average molecular weight is 383 g/mol. The molecule has 9 nitrogen and oxygen atoms in total. The number of aromatic nitrogens is 2. The molecule has 1 aliphatic carbocycles. The molecule has 1 aromatic heterocycles. The van der Waals surface area contributed by atoms with Crippen molar-refractivity contribution in [2.75, 3.05) is 19.0 Å². The summed E-state index contributed by atoms with van der Waals surface area (Å²) in [4.78, 5) is 30.2. The van der Waals surface area contributed by atoms with Crippen LogP contribution in [0.1, 0.15) is 33.0 Å². The number of carbonyl (C=O) groups is 2. The van der Waals surface area contributed by atoms with Gasteiger partial charge in [0.2, 0.25) is 11.6 Å². The fourth-order valence-corrected chi connectivity index (χ4v) is 3.75. The Morgan fingerprint density at radius 2 is 2.18 bits per heavy atom. The van der Waals surface area contributed by atoms with Crippen molar-refractivity contribution in [3.05, 3.63) is 53.3 Å². The van der Waals surface area contributed by atoms with Crippen LogP contribution >= 0.6 is 0 Å². The standard InChI is InChI=1S/C19H17N3O6/c1-26-10-4-2-3-9(5-10)20-11-6-12(23)16-15(17(11)25)21-14-8-27-18-13(24)7-28-19(18)22(14)16/h2-6,13,18-20,24H,7-8H2,1H3/t13-,18-,19+/m1/s1. The van der Waals surface area contributed by atoms with Crippen LogP contribution in [0.25, 0.3) is 0 Å². The number of hydrogen-bond donors (Lipinski definition) is 2. The molecule has 0 spiro atoms. The molecule has 0 unspecified atom stereocenters. The molecule has 9 heteroatoms. The largest absolute Gasteiger partial charge is 0.497 e. The monoisotopic (exact) mass is 383 g/mol. The molecular weight excluding hydrogens is 366 g/mol. The van der Waals surface area contributed by atoms with Gasteiger partial charge < -0.3 is 24.6 Å². The number of anilines is 1. The molecule has 3 aliphatic rings. The molecule has 2 N–H and O–H groups in total. The van der Waals surface area contributed by atoms with E-state index in [1.165, 1.54) is 6.08 Å². The summed E-state index contributed by atoms with van der Waals surface area (Å²) in [7, 11) is 1.55. The minimum Gasteiger partial charge on any atom is -0.497 e. The second-order valence-corrected chi connectivity index (χ2v) is 6.77. The minimum absolute atomic E-state index is 0.0575. The molecule has 0 radical (unpaired) electrons. The molecule has 28 heavy (non-hydrogen) atoms. The van der Waals surface area contributed by atoms with Crippen LogP contribution in [-0.4, -0.2) is 52.1 Å². The Morgan fingerprint density at radius 3 is 3.00 bits per heavy atom. The van der Waals surface area contributed by atoms with Crippen LogP contribution in [0.5, 0.6) is 5.75 Å². The number of methoxy groups -OCH3 is 1. The maximum atomic E-state index is 13.0. The molecule has 1 fully saturated rings. The van der Waals surface area contributed by atoms with E-state index in [0.717, 1.165) is 0 Å². The van der Waals surface area contributed by atoms with E-state index in [9.17, 15) is 14.7 Å². The number of benzene rings is 1. The van der Waals surface area contributed by atoms with Crippen LogP contribution < -0.4 is 10.1 Å². The lowest BCUT2D eigenvalue weighted by Crippen LogP contribution is -2.37. The van der Waals surface area contributed by atoms with Gasteiger partial charge in [0.15, 0.2) is 6.23 Å². The third-order valence-electron chi connectivity index (χ3n) is 5.06. The van der Waals surface area contributed by atoms with Gasteiger partial charge in [-0.1, -0.05) is 6.07 Å². The molecule has 3 heterocycles. The van der Waals surface area contributed by atoms with E-state index in [0.29, 0.717) is 17.3 Å². The molecule has 0 saturated carbocycles. The van der Waals surface area contributed by atoms with Gasteiger partial charge in [0.1, 0.15) is 41.8 Å². The highest BCUT2D eigenvalue weighted by Gasteiger charge is 2.46. The van der Waals surface area contributed by atoms with Crippen LogP contribution in [0, 0.1) is 0 Å². The summed E-state index contributed by atoms with van der Waals surface area (Å²) in [5.74, 6) is 0.301. The van der Waals surface area contributed by atoms with Gasteiger partial charge in [0, 0.05) is 17.8 Å². The van der Waals surface area contributed by atoms with Gasteiger partial charge in [-0.05, 0) is 12.1 Å². The molecule has 0 bridgehead atoms. The smallest absolute Gasteiger partial charge is 0.230 e. The zero-order valence-corrected chi connectivity index (χ0v) is 14.9. The first-order valence-corrected chi connectivity index (χ1v) is 8.81. The SMILES string of the molecule is COc1cccc(NC2=CC(=O)c3c(nc4n3[C@H]3OC[C@@H](O)[C@H]3OC4)C2=O)c1. The van der Waals surface area contributed by atoms with Crippen molar-refractivity contribution in [1.82, 2.24) is 9.55 Å². The number of nitrogens with zero attached hydrogens (tertiary/aromatic N) is 2. The van der Waals surface area contributed by atoms with Crippen molar-refractivity contribution in [3.8, 4) is 5.75 Å². The van der Waals surface area contributed by atoms with Gasteiger partial charge >= 0.3 is 0 Å². The summed E-state index contributed by atoms with van der Waals surface area (Å²) in [5.41, 5.74) is 0.974. The van der Waals surface area contributed by atoms with Crippen molar-refractivity contribution in [1.29, 1.82) is 0 Å². The zero-order chi connectivity index (χ0) is 19.4. The maximum absolute atomic E-state index is 13.0. The summed E-state index contributed by atoms with van der Waals surface area (Å²) in [6, 6.07) is 7.04. The van der Waals surface area contributed by atoms with Gasteiger partial charge in [0.05, 0.1) is 19.4 Å². The Bertz CT molecular complexity index is 1030. The van der Waals surface area contributed by atoms with Crippen LogP contribution in [-0.2, 0) is 16.1 Å². The summed E-state index contributed by atoms with van der Waals surface area (Å²) in [6.07, 6.45) is -0.789. The molecule has 3 atom stereocenters. The van der Waals surface area contributed by atoms with E-state index >= 15 is 0 Å². The number of aliphatic hydroxyl groups excluding tert-OH is 1. The number of rotatable bonds is 3. The van der Waals surface area contributed by atoms with E-state index in [1.807, 2.05) is 0 Å². The first kappa shape index (κ1) is 17.1. The number of nitrogens with one attached hydrogen (secondary N) is 1. The first-order chi connectivity index (χ1) is 13.6. The van der Waals surface area contributed by atoms with Crippen LogP contribution in [0.2, 0.25) is 0 Å². The number of carbonyl (C=O) groups excluding carboxylic acids is 2. The lowest BCUT2D eigenvalue weighted by Gasteiger charge is -2.29. The maximum Gasteiger partial charge on any atom is 0.230 e. The molecule has 2 aromatic rings. The zero-order valence-electron chi connectivity index (χ0n) is 14.9. The highest BCUT2D eigenvalue weighted by molar-refractivity contribution is 6.24. The normalized spacial score (nSPS) is 25.6. The third-order valence-corrected chi connectivity index (χ3v) is 5.06. The van der Waals surface area contributed by atoms with Crippen molar-refractivity contribution >= 4 is 17.3 Å². The van der Waals surface area contributed by atoms with Gasteiger partial charge in [0.25, 0.3) is 0 Å². The number of fused-ring (bicyclic) bond motifs is 5. The number of ether oxygens (including phenoxy) is 3. The molecule has 1 aromatic carbocycles. The lowest BCUT2D eigenvalue weighted by atomic mass is 10.0. The van der Waals surface area contributed by atoms with Gasteiger partial charge in [-0.3, -0.25) is 14.2 Å². The Morgan fingerprint density at radius 1 is 1.32 bits per heavy atom. The quantitative estimate of drug-likeness (QED) is 0.809. The Kier molecular flexibility index (Phi) is 3.83. The molecule has 5 rings (SSSR count). The van der Waals surface area contributed by atoms with Crippen molar-refractivity contribution in [2.24, 2.45) is 0 Å². The number of aliphatic hydroxyl groups is 1. The minimum atomic E-state index is -0.786. The fourth-order valence-electron chi connectivity index (χ4n) is 3.75. The Balaban J connectivity index is 1.51. The number of imidazole rings is 1. The van der Waals surface area contributed by atoms with E-state index in [1.54, 1.807) is 35.9 Å². The summed E-state index contributed by atoms with van der Waals surface area (Å²) in [5, 5.41) is 13.0. The highest BCUT2D eigenvalue weighted by atomic mass is 16.6. The van der Waals surface area contributed by atoms with E-state index in [4.69, 9.17) is 14.2 Å². The molecule has 144 valence electrons. The molecule has 1 saturated heterocycles. The second-order valence-electron chi connectivity index (χ2n) is 6.77. The molecular formula is C19H17N3O6. The fraction of sp³-hybridized carbons (Fsp3) is 0.316. The Labute approximate surface area is 159 Å². The average Bonchev–Trinajstić information content (AvgIpc) is 3.27. The lowest BCUT2D eigenvalue weighted by molar-refractivity contribution is -0.0992. The van der Waals surface area contributed by atoms with Crippen LogP contribution in [0.15, 0.2) is 36.0 Å². The van der Waals surface area contributed by atoms with Crippen LogP contribution in [0.4, 0.5) is 5.69 Å². The Hall–Kier alpha value is -3.01. The number of hydrogen-bond acceptors (Lipinski definition) is 8. The van der Waals surface area contributed by atoms with E-state index < -0.39 is 24.2 Å². The van der Waals surface area contributed by atoms with Gasteiger partial charge in [-0.25, -0.2) is 4.98 Å². The molecule has 2 aliphatic heterocycles. The van der Waals surface area contributed by atoms with Gasteiger partial charge in [-0.2, -0.15) is 0 Å². The predicted octanol–water partition coefficient (Wildman–Crippen LogP) is 1.06. The van der Waals surface area contributed by atoms with E-state index in [-0.39, 0.29) is 36.1 Å². The predicted molar refractivity (Wildman–Crippen MR) is 95.2 cm³/mol. The van der Waals surface area contributed by atoms with Crippen molar-refractivity contribution in [2.45, 2.75) is 25.0 Å². The third kappa shape index (κ3) is 2.48. The second kappa shape index (κ2) is 6.26. The highest BCUT2D eigenvalue weighted by Crippen LogP contribution is 2.37. The van der Waals surface area contributed by atoms with Crippen molar-refractivity contribution in [3.63, 3.8) is 0 Å². The van der Waals surface area contributed by atoms with E-state index in [2.05, 4.69) is 10.3 Å². The van der Waals surface area contributed by atoms with Gasteiger partial charge in [-0.15, -0.1) is 0 Å². The summed E-state index contributed by atoms with van der Waals surface area (Å²) < 4.78 is 18.0. The number of allylic oxidation sites excluding steroid dienone is 2. The number of ketones is 2. The topological polar surface area (TPSA) is 112 Å². The van der Waals surface area contributed by atoms with Crippen LogP contribution in [0.3, 0.4) is 0 Å². The number of Topliss-reactive ketones (excluding diaryl/α,β-unsaturated/α-hetero) is 1. The first-order valence-electron chi connectivity index (χ1n) is 8.81. The summed E-state index contributed by atoms with van der Waals surface area (Å²) >= 11 is 0. The van der Waals surface area contributed by atoms with Crippen molar-refractivity contribution < 1.29 is 28.9 Å². The molecule has 0 amide bonds. The summed E-state index contributed by atoms with van der Waals surface area (Å²) in [6.45, 7) is 0.191.